The van der Waals surface area contributed by atoms with Crippen LogP contribution < -0.4 is 70.0 Å². The molecule has 0 aliphatic rings. The van der Waals surface area contributed by atoms with Gasteiger partial charge in [0, 0.05) is 0 Å². The molecule has 0 unspecified atom stereocenters. The Morgan fingerprint density at radius 1 is 1.00 bits per heavy atom. The molecule has 0 aliphatic heterocycles. The first-order valence-corrected chi connectivity index (χ1v) is 1.85. The number of rotatable bonds is 0. The van der Waals surface area contributed by atoms with E-state index in [9.17, 15) is 0 Å². The standard InChI is InChI=1S/ClHO4.K.Zr.H/c2-1(3,4)5;;;/h(H,2,3,4,5);;;/q;+1;+4;-1/p-1. The fraction of sp³-hybridized carbons (Fsp3) is 0. The van der Waals surface area contributed by atoms with Crippen molar-refractivity contribution in [1.29, 1.82) is 0 Å². The van der Waals surface area contributed by atoms with Crippen LogP contribution in [-0.2, 0) is 26.2 Å². The van der Waals surface area contributed by atoms with E-state index in [4.69, 9.17) is 18.6 Å². The summed E-state index contributed by atoms with van der Waals surface area (Å²) >= 11 is 0. The van der Waals surface area contributed by atoms with Gasteiger partial charge >= 0.3 is 77.6 Å². The minimum absolute atomic E-state index is 0. The third-order valence-electron chi connectivity index (χ3n) is 0. The van der Waals surface area contributed by atoms with Crippen LogP contribution in [-0.4, -0.2) is 0 Å². The monoisotopic (exact) mass is 229 g/mol. The molecule has 34 valence electrons. The zero-order valence-corrected chi connectivity index (χ0v) is 9.85. The van der Waals surface area contributed by atoms with Crippen molar-refractivity contribution in [2.45, 2.75) is 0 Å². The summed E-state index contributed by atoms with van der Waals surface area (Å²) in [5, 5.41) is 0. The summed E-state index contributed by atoms with van der Waals surface area (Å²) in [6.45, 7) is 0. The Balaban J connectivity index is -0.0000000267. The van der Waals surface area contributed by atoms with Crippen molar-refractivity contribution < 1.29 is 108 Å². The SMILES string of the molecule is [H-].[K+].[O-][Cl+3]([O-])([O-])[O-].[Zr+4]. The van der Waals surface area contributed by atoms with Gasteiger partial charge in [0.05, 0.1) is 0 Å². The summed E-state index contributed by atoms with van der Waals surface area (Å²) in [5.41, 5.74) is 0. The van der Waals surface area contributed by atoms with Gasteiger partial charge in [-0.2, -0.15) is 0 Å². The van der Waals surface area contributed by atoms with E-state index in [-0.39, 0.29) is 79.0 Å². The van der Waals surface area contributed by atoms with Gasteiger partial charge in [0.1, 0.15) is 0 Å². The molecular weight excluding hydrogens is 230 g/mol. The fourth-order valence-corrected chi connectivity index (χ4v) is 0. The molecule has 4 nitrogen and oxygen atoms in total. The van der Waals surface area contributed by atoms with Crippen molar-refractivity contribution in [2.24, 2.45) is 0 Å². The Morgan fingerprint density at radius 3 is 1.00 bits per heavy atom. The van der Waals surface area contributed by atoms with Crippen LogP contribution in [0.2, 0.25) is 0 Å². The van der Waals surface area contributed by atoms with Gasteiger partial charge in [-0.3, -0.25) is 0 Å². The average Bonchev–Trinajstić information content (AvgIpc) is 0.722. The van der Waals surface area contributed by atoms with E-state index in [2.05, 4.69) is 0 Å². The average molecular weight is 231 g/mol. The first-order valence-electron chi connectivity index (χ1n) is 0.617. The quantitative estimate of drug-likeness (QED) is 0.387. The molecule has 0 saturated carbocycles. The van der Waals surface area contributed by atoms with Crippen LogP contribution in [0.3, 0.4) is 0 Å². The van der Waals surface area contributed by atoms with Crippen molar-refractivity contribution in [3.05, 3.63) is 0 Å². The third-order valence-corrected chi connectivity index (χ3v) is 0. The van der Waals surface area contributed by atoms with Crippen molar-refractivity contribution in [1.82, 2.24) is 0 Å². The summed E-state index contributed by atoms with van der Waals surface area (Å²) in [6, 6.07) is 0. The molecule has 0 fully saturated rings. The second-order valence-electron chi connectivity index (χ2n) is 0.378. The Hall–Kier alpha value is 2.65. The molecule has 0 heterocycles. The molecule has 0 aromatic rings. The molecule has 0 aliphatic carbocycles. The molecule has 0 amide bonds. The van der Waals surface area contributed by atoms with Crippen LogP contribution in [0, 0.1) is 10.2 Å². The van der Waals surface area contributed by atoms with Crippen molar-refractivity contribution in [3.8, 4) is 0 Å². The normalized spacial score (nSPS) is 8.57. The predicted molar refractivity (Wildman–Crippen MR) is 1.11 cm³/mol. The van der Waals surface area contributed by atoms with E-state index in [0.29, 0.717) is 0 Å². The zero-order chi connectivity index (χ0) is 4.50. The summed E-state index contributed by atoms with van der Waals surface area (Å²) in [7, 11) is -4.94. The largest absolute Gasteiger partial charge is 4.00 e. The molecule has 7 heavy (non-hydrogen) atoms. The van der Waals surface area contributed by atoms with Crippen molar-refractivity contribution in [3.63, 3.8) is 0 Å². The molecule has 0 radical (unpaired) electrons. The van der Waals surface area contributed by atoms with Crippen LogP contribution >= 0.6 is 0 Å². The number of hydrogen-bond acceptors (Lipinski definition) is 4. The van der Waals surface area contributed by atoms with E-state index in [1.165, 1.54) is 0 Å². The number of hydrogen-bond donors (Lipinski definition) is 0. The summed E-state index contributed by atoms with van der Waals surface area (Å²) in [5.74, 6) is 0. The topological polar surface area (TPSA) is 92.2 Å². The Morgan fingerprint density at radius 2 is 1.00 bits per heavy atom. The number of halogens is 1. The van der Waals surface area contributed by atoms with E-state index in [1.54, 1.807) is 0 Å². The Bertz CT molecular complexity index is 31.5. The summed E-state index contributed by atoms with van der Waals surface area (Å²) < 4.78 is 34.0. The van der Waals surface area contributed by atoms with E-state index in [1.807, 2.05) is 0 Å². The molecule has 0 spiro atoms. The maximum absolute atomic E-state index is 8.49. The fourth-order valence-electron chi connectivity index (χ4n) is 0. The molecule has 7 heteroatoms. The van der Waals surface area contributed by atoms with Crippen LogP contribution in [0.5, 0.6) is 0 Å². The first-order chi connectivity index (χ1) is 2.00. The molecule has 0 atom stereocenters. The maximum Gasteiger partial charge on any atom is 4.00 e. The van der Waals surface area contributed by atoms with E-state index in [0.717, 1.165) is 0 Å². The van der Waals surface area contributed by atoms with E-state index >= 15 is 0 Å². The first kappa shape index (κ1) is 16.3. The summed E-state index contributed by atoms with van der Waals surface area (Å²) in [6.07, 6.45) is 0. The van der Waals surface area contributed by atoms with E-state index < -0.39 is 10.2 Å². The van der Waals surface area contributed by atoms with Gasteiger partial charge in [-0.15, -0.1) is 10.2 Å². The maximum atomic E-state index is 8.49. The second kappa shape index (κ2) is 6.77. The molecule has 0 N–H and O–H groups in total. The van der Waals surface area contributed by atoms with Crippen LogP contribution in [0.15, 0.2) is 0 Å². The Kier molecular flexibility index (Phi) is 15.8. The predicted octanol–water partition coefficient (Wildman–Crippen LogP) is -7.64. The van der Waals surface area contributed by atoms with Gasteiger partial charge in [-0.25, -0.2) is 18.6 Å². The molecule has 0 bridgehead atoms. The van der Waals surface area contributed by atoms with Crippen molar-refractivity contribution >= 4 is 0 Å². The minimum Gasteiger partial charge on any atom is -1.00 e. The van der Waals surface area contributed by atoms with Gasteiger partial charge in [-0.1, -0.05) is 0 Å². The van der Waals surface area contributed by atoms with Crippen LogP contribution in [0.25, 0.3) is 0 Å². The second-order valence-corrected chi connectivity index (χ2v) is 1.13. The minimum atomic E-state index is -4.94. The summed E-state index contributed by atoms with van der Waals surface area (Å²) in [4.78, 5) is 0. The molecule has 0 rings (SSSR count). The van der Waals surface area contributed by atoms with Gasteiger partial charge in [-0.05, 0) is 0 Å². The van der Waals surface area contributed by atoms with Gasteiger partial charge in [0.25, 0.3) is 0 Å². The zero-order valence-electron chi connectivity index (χ0n) is 4.51. The van der Waals surface area contributed by atoms with Crippen LogP contribution in [0.1, 0.15) is 1.43 Å². The third kappa shape index (κ3) is 54.5. The smallest absolute Gasteiger partial charge is 1.00 e. The molecule has 0 aromatic heterocycles. The van der Waals surface area contributed by atoms with Gasteiger partial charge < -0.3 is 1.43 Å². The van der Waals surface area contributed by atoms with Crippen molar-refractivity contribution in [2.75, 3.05) is 0 Å². The molecule has 0 saturated heterocycles. The van der Waals surface area contributed by atoms with Gasteiger partial charge in [0.15, 0.2) is 0 Å². The van der Waals surface area contributed by atoms with Crippen LogP contribution in [0.4, 0.5) is 0 Å². The molecular formula is HClKO4Zr+3. The molecule has 0 aromatic carbocycles. The van der Waals surface area contributed by atoms with Gasteiger partial charge in [0.2, 0.25) is 0 Å². The Labute approximate surface area is 106 Å².